The molecule has 2 aliphatic heterocycles. The number of carbonyl (C=O) groups excluding carboxylic acids is 2. The Bertz CT molecular complexity index is 1160. The van der Waals surface area contributed by atoms with E-state index < -0.39 is 34.6 Å². The maximum atomic E-state index is 13.5. The molecule has 31 heavy (non-hydrogen) atoms. The number of halogens is 1. The zero-order chi connectivity index (χ0) is 22.2. The molecule has 1 fully saturated rings. The lowest BCUT2D eigenvalue weighted by atomic mass is 9.78. The number of ether oxygens (including phenoxy) is 1. The minimum atomic E-state index is -2.81. The van der Waals surface area contributed by atoms with Crippen LogP contribution in [-0.2, 0) is 25.9 Å². The third kappa shape index (κ3) is 2.12. The highest BCUT2D eigenvalue weighted by Gasteiger charge is 2.84. The smallest absolute Gasteiger partial charge is 0.296 e. The first-order chi connectivity index (χ1) is 14.7. The summed E-state index contributed by atoms with van der Waals surface area (Å²) < 4.78 is 19.4. The largest absolute Gasteiger partial charge is 0.454 e. The SMILES string of the molecule is CCCCN1C(=O)C(=O)C2=C(c3ccc(F)cc3)O[C@]3(O)c4ccccc4C(O)(O)[C@]213. The van der Waals surface area contributed by atoms with E-state index in [0.717, 1.165) is 17.0 Å². The van der Waals surface area contributed by atoms with Crippen LogP contribution in [0.2, 0.25) is 0 Å². The second-order valence-corrected chi connectivity index (χ2v) is 8.02. The van der Waals surface area contributed by atoms with E-state index in [4.69, 9.17) is 4.74 Å². The van der Waals surface area contributed by atoms with Gasteiger partial charge < -0.3 is 25.0 Å². The predicted octanol–water partition coefficient (Wildman–Crippen LogP) is 1.51. The zero-order valence-corrected chi connectivity index (χ0v) is 16.6. The molecule has 0 radical (unpaired) electrons. The van der Waals surface area contributed by atoms with Crippen LogP contribution in [0.3, 0.4) is 0 Å². The fourth-order valence-electron chi connectivity index (χ4n) is 5.09. The molecule has 1 aliphatic carbocycles. The van der Waals surface area contributed by atoms with E-state index in [2.05, 4.69) is 0 Å². The highest BCUT2D eigenvalue weighted by Crippen LogP contribution is 2.67. The van der Waals surface area contributed by atoms with Crippen molar-refractivity contribution < 1.29 is 34.0 Å². The van der Waals surface area contributed by atoms with Crippen LogP contribution < -0.4 is 0 Å². The number of Topliss-reactive ketones (excluding diaryl/α,β-unsaturated/α-hetero) is 1. The Morgan fingerprint density at radius 2 is 1.65 bits per heavy atom. The monoisotopic (exact) mass is 425 g/mol. The number of aliphatic hydroxyl groups is 3. The van der Waals surface area contributed by atoms with Gasteiger partial charge in [0.1, 0.15) is 11.6 Å². The standard InChI is InChI=1S/C23H20FNO6/c1-2-3-12-25-20(27)18(26)17-19(13-8-10-14(24)11-9-13)31-23(30)16-7-5-4-6-15(16)22(28,29)21(17,23)25/h4-11,28-30H,2-3,12H2,1H3/t21-,23+/m0/s1. The lowest BCUT2D eigenvalue weighted by molar-refractivity contribution is -0.312. The van der Waals surface area contributed by atoms with Gasteiger partial charge in [-0.1, -0.05) is 37.6 Å². The quantitative estimate of drug-likeness (QED) is 0.507. The molecule has 7 nitrogen and oxygen atoms in total. The van der Waals surface area contributed by atoms with E-state index in [1.54, 1.807) is 12.1 Å². The molecule has 0 unspecified atom stereocenters. The van der Waals surface area contributed by atoms with Crippen molar-refractivity contribution in [1.82, 2.24) is 4.90 Å². The molecule has 2 heterocycles. The van der Waals surface area contributed by atoms with Crippen LogP contribution in [0.25, 0.3) is 5.76 Å². The number of unbranched alkanes of at least 4 members (excludes halogenated alkanes) is 1. The van der Waals surface area contributed by atoms with Crippen LogP contribution in [0.15, 0.2) is 54.1 Å². The minimum absolute atomic E-state index is 0.00377. The Balaban J connectivity index is 1.86. The van der Waals surface area contributed by atoms with Crippen molar-refractivity contribution >= 4 is 17.4 Å². The number of fused-ring (bicyclic) bond motifs is 2. The number of rotatable bonds is 4. The summed E-state index contributed by atoms with van der Waals surface area (Å²) in [4.78, 5) is 27.3. The third-order valence-electron chi connectivity index (χ3n) is 6.41. The molecular weight excluding hydrogens is 405 g/mol. The van der Waals surface area contributed by atoms with Crippen molar-refractivity contribution in [3.63, 3.8) is 0 Å². The highest BCUT2D eigenvalue weighted by molar-refractivity contribution is 6.48. The zero-order valence-electron chi connectivity index (χ0n) is 16.6. The topological polar surface area (TPSA) is 107 Å². The summed E-state index contributed by atoms with van der Waals surface area (Å²) in [6, 6.07) is 11.0. The molecule has 2 aromatic rings. The molecule has 3 N–H and O–H groups in total. The summed E-state index contributed by atoms with van der Waals surface area (Å²) in [6.07, 6.45) is 1.12. The molecule has 1 saturated heterocycles. The Morgan fingerprint density at radius 1 is 1.00 bits per heavy atom. The first-order valence-corrected chi connectivity index (χ1v) is 10.0. The van der Waals surface area contributed by atoms with Crippen molar-refractivity contribution in [3.8, 4) is 0 Å². The van der Waals surface area contributed by atoms with E-state index in [0.29, 0.717) is 12.8 Å². The number of benzene rings is 2. The first kappa shape index (κ1) is 19.9. The number of carbonyl (C=O) groups is 2. The maximum Gasteiger partial charge on any atom is 0.296 e. The van der Waals surface area contributed by atoms with Crippen molar-refractivity contribution in [1.29, 1.82) is 0 Å². The number of hydrogen-bond acceptors (Lipinski definition) is 6. The number of ketones is 1. The van der Waals surface area contributed by atoms with Crippen molar-refractivity contribution in [3.05, 3.63) is 76.6 Å². The van der Waals surface area contributed by atoms with Gasteiger partial charge in [0.25, 0.3) is 17.5 Å². The molecule has 160 valence electrons. The van der Waals surface area contributed by atoms with Crippen LogP contribution in [-0.4, -0.2) is 44.0 Å². The number of hydrogen-bond donors (Lipinski definition) is 3. The molecule has 0 saturated carbocycles. The summed E-state index contributed by atoms with van der Waals surface area (Å²) in [7, 11) is 0. The van der Waals surface area contributed by atoms with Crippen LogP contribution in [0.4, 0.5) is 4.39 Å². The van der Waals surface area contributed by atoms with Crippen LogP contribution >= 0.6 is 0 Å². The molecule has 1 spiro atoms. The molecule has 1 amide bonds. The van der Waals surface area contributed by atoms with Crippen molar-refractivity contribution in [2.45, 2.75) is 36.9 Å². The van der Waals surface area contributed by atoms with Gasteiger partial charge in [0.2, 0.25) is 11.3 Å². The fraction of sp³-hybridized carbons (Fsp3) is 0.304. The molecule has 2 aromatic carbocycles. The molecule has 5 rings (SSSR count). The summed E-state index contributed by atoms with van der Waals surface area (Å²) in [6.45, 7) is 1.89. The lowest BCUT2D eigenvalue weighted by Gasteiger charge is -2.45. The van der Waals surface area contributed by atoms with E-state index >= 15 is 0 Å². The number of nitrogens with zero attached hydrogens (tertiary/aromatic N) is 1. The number of amides is 1. The summed E-state index contributed by atoms with van der Waals surface area (Å²) in [5.74, 6) is -7.89. The molecule has 0 bridgehead atoms. The van der Waals surface area contributed by atoms with E-state index in [9.17, 15) is 29.3 Å². The van der Waals surface area contributed by atoms with Crippen molar-refractivity contribution in [2.24, 2.45) is 0 Å². The van der Waals surface area contributed by atoms with Gasteiger partial charge in [0.15, 0.2) is 0 Å². The van der Waals surface area contributed by atoms with Gasteiger partial charge in [-0.3, -0.25) is 9.59 Å². The maximum absolute atomic E-state index is 13.5. The Morgan fingerprint density at radius 3 is 2.29 bits per heavy atom. The molecular formula is C23H20FNO6. The van der Waals surface area contributed by atoms with Crippen molar-refractivity contribution in [2.75, 3.05) is 6.54 Å². The minimum Gasteiger partial charge on any atom is -0.454 e. The second kappa shape index (κ2) is 6.23. The predicted molar refractivity (Wildman–Crippen MR) is 105 cm³/mol. The van der Waals surface area contributed by atoms with Gasteiger partial charge in [0.05, 0.1) is 5.57 Å². The summed E-state index contributed by atoms with van der Waals surface area (Å²) in [5.41, 5.74) is -2.43. The van der Waals surface area contributed by atoms with Crippen LogP contribution in [0.5, 0.6) is 0 Å². The lowest BCUT2D eigenvalue weighted by Crippen LogP contribution is -2.66. The van der Waals surface area contributed by atoms with Gasteiger partial charge in [-0.05, 0) is 30.7 Å². The molecule has 2 atom stereocenters. The van der Waals surface area contributed by atoms with Crippen LogP contribution in [0, 0.1) is 5.82 Å². The highest BCUT2D eigenvalue weighted by atomic mass is 19.1. The van der Waals surface area contributed by atoms with Gasteiger partial charge >= 0.3 is 0 Å². The Kier molecular flexibility index (Phi) is 3.99. The van der Waals surface area contributed by atoms with Gasteiger partial charge in [-0.15, -0.1) is 0 Å². The Labute approximate surface area is 177 Å². The summed E-state index contributed by atoms with van der Waals surface area (Å²) >= 11 is 0. The molecule has 0 aromatic heterocycles. The second-order valence-electron chi connectivity index (χ2n) is 8.02. The van der Waals surface area contributed by atoms with Gasteiger partial charge in [0, 0.05) is 23.2 Å². The average molecular weight is 425 g/mol. The van der Waals surface area contributed by atoms with Gasteiger partial charge in [-0.25, -0.2) is 4.39 Å². The third-order valence-corrected chi connectivity index (χ3v) is 6.41. The number of likely N-dealkylation sites (tertiary alicyclic amines) is 1. The van der Waals surface area contributed by atoms with Gasteiger partial charge in [-0.2, -0.15) is 0 Å². The average Bonchev–Trinajstić information content (AvgIpc) is 3.22. The van der Waals surface area contributed by atoms with E-state index in [1.165, 1.54) is 24.3 Å². The van der Waals surface area contributed by atoms with E-state index in [-0.39, 0.29) is 34.6 Å². The molecule has 8 heteroatoms. The Hall–Kier alpha value is -3.07. The normalized spacial score (nSPS) is 28.0. The molecule has 3 aliphatic rings. The first-order valence-electron chi connectivity index (χ1n) is 10.0. The fourth-order valence-corrected chi connectivity index (χ4v) is 5.09. The summed E-state index contributed by atoms with van der Waals surface area (Å²) in [5, 5.41) is 34.7. The van der Waals surface area contributed by atoms with Crippen LogP contribution in [0.1, 0.15) is 36.5 Å². The van der Waals surface area contributed by atoms with E-state index in [1.807, 2.05) is 6.92 Å².